The van der Waals surface area contributed by atoms with Crippen molar-refractivity contribution in [2.45, 2.75) is 6.92 Å². The smallest absolute Gasteiger partial charge is 0.339 e. The SMILES string of the molecule is C=C(Br)/C(=C\c1ccc(C(=O)OC)cc1)C(=O)OCC. The van der Waals surface area contributed by atoms with Crippen molar-refractivity contribution >= 4 is 33.9 Å². The van der Waals surface area contributed by atoms with Crippen molar-refractivity contribution in [3.63, 3.8) is 0 Å². The summed E-state index contributed by atoms with van der Waals surface area (Å²) in [5.74, 6) is -0.859. The van der Waals surface area contributed by atoms with Crippen LogP contribution in [0.3, 0.4) is 0 Å². The summed E-state index contributed by atoms with van der Waals surface area (Å²) in [7, 11) is 1.32. The minimum atomic E-state index is -0.452. The van der Waals surface area contributed by atoms with Crippen LogP contribution in [0.2, 0.25) is 0 Å². The van der Waals surface area contributed by atoms with Crippen LogP contribution in [0.5, 0.6) is 0 Å². The Labute approximate surface area is 126 Å². The van der Waals surface area contributed by atoms with Gasteiger partial charge in [-0.2, -0.15) is 0 Å². The van der Waals surface area contributed by atoms with E-state index in [0.717, 1.165) is 5.56 Å². The summed E-state index contributed by atoms with van der Waals surface area (Å²) in [5, 5.41) is 0. The molecule has 1 aromatic rings. The normalized spacial score (nSPS) is 10.8. The second-order valence-corrected chi connectivity index (χ2v) is 4.75. The number of rotatable bonds is 5. The minimum absolute atomic E-state index is 0.289. The molecule has 0 atom stereocenters. The van der Waals surface area contributed by atoms with Crippen LogP contribution < -0.4 is 0 Å². The van der Waals surface area contributed by atoms with E-state index in [1.165, 1.54) is 7.11 Å². The summed E-state index contributed by atoms with van der Waals surface area (Å²) in [5.41, 5.74) is 1.53. The molecule has 1 rings (SSSR count). The van der Waals surface area contributed by atoms with Gasteiger partial charge < -0.3 is 9.47 Å². The van der Waals surface area contributed by atoms with E-state index in [2.05, 4.69) is 27.2 Å². The standard InChI is InChI=1S/C15H15BrO4/c1-4-20-15(18)13(10(2)16)9-11-5-7-12(8-6-11)14(17)19-3/h5-9H,2,4H2,1,3H3/b13-9+. The first-order valence-corrected chi connectivity index (χ1v) is 6.70. The molecule has 0 saturated carbocycles. The molecule has 0 radical (unpaired) electrons. The molecule has 106 valence electrons. The molecule has 1 aromatic carbocycles. The fourth-order valence-electron chi connectivity index (χ4n) is 1.46. The molecule has 0 saturated heterocycles. The molecule has 0 heterocycles. The number of methoxy groups -OCH3 is 1. The average molecular weight is 339 g/mol. The summed E-state index contributed by atoms with van der Waals surface area (Å²) in [6.45, 7) is 5.71. The zero-order valence-corrected chi connectivity index (χ0v) is 12.9. The van der Waals surface area contributed by atoms with Crippen LogP contribution in [0.15, 0.2) is 40.9 Å². The number of ether oxygens (including phenoxy) is 2. The molecule has 5 heteroatoms. The molecule has 0 aromatic heterocycles. The van der Waals surface area contributed by atoms with Gasteiger partial charge >= 0.3 is 11.9 Å². The lowest BCUT2D eigenvalue weighted by atomic mass is 10.1. The number of benzene rings is 1. The fourth-order valence-corrected chi connectivity index (χ4v) is 1.73. The summed E-state index contributed by atoms with van der Waals surface area (Å²) in [6.07, 6.45) is 1.64. The maximum absolute atomic E-state index is 11.8. The summed E-state index contributed by atoms with van der Waals surface area (Å²) >= 11 is 3.18. The molecule has 0 aliphatic carbocycles. The highest BCUT2D eigenvalue weighted by molar-refractivity contribution is 9.12. The van der Waals surface area contributed by atoms with E-state index in [-0.39, 0.29) is 6.61 Å². The van der Waals surface area contributed by atoms with Gasteiger partial charge in [0, 0.05) is 4.48 Å². The van der Waals surface area contributed by atoms with Crippen molar-refractivity contribution in [2.24, 2.45) is 0 Å². The van der Waals surface area contributed by atoms with Crippen molar-refractivity contribution in [2.75, 3.05) is 13.7 Å². The Morgan fingerprint density at radius 2 is 1.90 bits per heavy atom. The van der Waals surface area contributed by atoms with Gasteiger partial charge in [0.15, 0.2) is 0 Å². The molecule has 0 spiro atoms. The highest BCUT2D eigenvalue weighted by Gasteiger charge is 2.12. The van der Waals surface area contributed by atoms with Crippen molar-refractivity contribution in [3.8, 4) is 0 Å². The molecule has 0 fully saturated rings. The molecular weight excluding hydrogens is 324 g/mol. The van der Waals surface area contributed by atoms with Crippen LogP contribution in [-0.4, -0.2) is 25.7 Å². The molecular formula is C15H15BrO4. The highest BCUT2D eigenvalue weighted by Crippen LogP contribution is 2.20. The maximum Gasteiger partial charge on any atom is 0.339 e. The largest absolute Gasteiger partial charge is 0.465 e. The number of carbonyl (C=O) groups excluding carboxylic acids is 2. The van der Waals surface area contributed by atoms with Gasteiger partial charge in [0.25, 0.3) is 0 Å². The van der Waals surface area contributed by atoms with Crippen LogP contribution in [0.25, 0.3) is 6.08 Å². The van der Waals surface area contributed by atoms with Crippen LogP contribution in [0.1, 0.15) is 22.8 Å². The number of halogens is 1. The van der Waals surface area contributed by atoms with Gasteiger partial charge in [-0.1, -0.05) is 34.6 Å². The molecule has 0 aliphatic rings. The Hall–Kier alpha value is -1.88. The Balaban J connectivity index is 3.03. The van der Waals surface area contributed by atoms with E-state index in [1.54, 1.807) is 37.3 Å². The van der Waals surface area contributed by atoms with E-state index in [1.807, 2.05) is 0 Å². The molecule has 0 unspecified atom stereocenters. The number of hydrogen-bond donors (Lipinski definition) is 0. The van der Waals surface area contributed by atoms with Gasteiger partial charge in [-0.15, -0.1) is 0 Å². The Bertz CT molecular complexity index is 543. The van der Waals surface area contributed by atoms with Gasteiger partial charge in [-0.05, 0) is 30.7 Å². The van der Waals surface area contributed by atoms with E-state index in [4.69, 9.17) is 4.74 Å². The van der Waals surface area contributed by atoms with Gasteiger partial charge in [0.1, 0.15) is 0 Å². The number of hydrogen-bond acceptors (Lipinski definition) is 4. The zero-order valence-electron chi connectivity index (χ0n) is 11.3. The highest BCUT2D eigenvalue weighted by atomic mass is 79.9. The van der Waals surface area contributed by atoms with Crippen LogP contribution >= 0.6 is 15.9 Å². The summed E-state index contributed by atoms with van der Waals surface area (Å²) < 4.78 is 10.00. The van der Waals surface area contributed by atoms with Crippen LogP contribution in [0, 0.1) is 0 Å². The lowest BCUT2D eigenvalue weighted by molar-refractivity contribution is -0.138. The average Bonchev–Trinajstić information content (AvgIpc) is 2.44. The second kappa shape index (κ2) is 7.65. The predicted molar refractivity (Wildman–Crippen MR) is 80.5 cm³/mol. The Kier molecular flexibility index (Phi) is 6.18. The van der Waals surface area contributed by atoms with E-state index >= 15 is 0 Å². The van der Waals surface area contributed by atoms with Gasteiger partial charge in [-0.3, -0.25) is 0 Å². The van der Waals surface area contributed by atoms with E-state index in [9.17, 15) is 9.59 Å². The third-order valence-electron chi connectivity index (χ3n) is 2.43. The Morgan fingerprint density at radius 3 is 2.35 bits per heavy atom. The molecule has 0 bridgehead atoms. The monoisotopic (exact) mass is 338 g/mol. The lowest BCUT2D eigenvalue weighted by Crippen LogP contribution is -2.07. The Morgan fingerprint density at radius 1 is 1.30 bits per heavy atom. The first-order valence-electron chi connectivity index (χ1n) is 5.91. The van der Waals surface area contributed by atoms with Crippen molar-refractivity contribution < 1.29 is 19.1 Å². The molecule has 4 nitrogen and oxygen atoms in total. The molecule has 0 amide bonds. The number of carbonyl (C=O) groups is 2. The quantitative estimate of drug-likeness (QED) is 0.469. The second-order valence-electron chi connectivity index (χ2n) is 3.80. The third-order valence-corrected chi connectivity index (χ3v) is 2.86. The van der Waals surface area contributed by atoms with Crippen LogP contribution in [-0.2, 0) is 14.3 Å². The maximum atomic E-state index is 11.8. The van der Waals surface area contributed by atoms with E-state index in [0.29, 0.717) is 15.6 Å². The first-order chi connectivity index (χ1) is 9.49. The van der Waals surface area contributed by atoms with Crippen molar-refractivity contribution in [1.29, 1.82) is 0 Å². The topological polar surface area (TPSA) is 52.6 Å². The molecule has 0 N–H and O–H groups in total. The van der Waals surface area contributed by atoms with Crippen molar-refractivity contribution in [3.05, 3.63) is 52.0 Å². The predicted octanol–water partition coefficient (Wildman–Crippen LogP) is 3.33. The lowest BCUT2D eigenvalue weighted by Gasteiger charge is -2.06. The number of esters is 2. The molecule has 0 aliphatic heterocycles. The van der Waals surface area contributed by atoms with Gasteiger partial charge in [0.05, 0.1) is 24.9 Å². The van der Waals surface area contributed by atoms with Gasteiger partial charge in [-0.25, -0.2) is 9.59 Å². The zero-order chi connectivity index (χ0) is 15.1. The van der Waals surface area contributed by atoms with Crippen LogP contribution in [0.4, 0.5) is 0 Å². The van der Waals surface area contributed by atoms with E-state index < -0.39 is 11.9 Å². The first kappa shape index (κ1) is 16.2. The summed E-state index contributed by atoms with van der Waals surface area (Å²) in [4.78, 5) is 23.1. The fraction of sp³-hybridized carbons (Fsp3) is 0.200. The third kappa shape index (κ3) is 4.35. The van der Waals surface area contributed by atoms with Gasteiger partial charge in [0.2, 0.25) is 0 Å². The van der Waals surface area contributed by atoms with Crippen molar-refractivity contribution in [1.82, 2.24) is 0 Å². The summed E-state index contributed by atoms with van der Waals surface area (Å²) in [6, 6.07) is 6.66. The minimum Gasteiger partial charge on any atom is -0.465 e. The molecule has 20 heavy (non-hydrogen) atoms.